The highest BCUT2D eigenvalue weighted by molar-refractivity contribution is 5.45. The van der Waals surface area contributed by atoms with Crippen LogP contribution >= 0.6 is 0 Å². The van der Waals surface area contributed by atoms with E-state index < -0.39 is 0 Å². The van der Waals surface area contributed by atoms with Crippen LogP contribution in [0.2, 0.25) is 0 Å². The minimum Gasteiger partial charge on any atom is -0.479 e. The fourth-order valence-corrected chi connectivity index (χ4v) is 0.790. The van der Waals surface area contributed by atoms with Crippen molar-refractivity contribution in [2.24, 2.45) is 0 Å². The van der Waals surface area contributed by atoms with Crippen molar-refractivity contribution < 1.29 is 13.7 Å². The first-order valence-electron chi connectivity index (χ1n) is 3.39. The molecule has 0 spiro atoms. The van der Waals surface area contributed by atoms with Crippen LogP contribution in [0.5, 0.6) is 5.88 Å². The predicted molar refractivity (Wildman–Crippen MR) is 40.8 cm³/mol. The highest BCUT2D eigenvalue weighted by Crippen LogP contribution is 2.22. The summed E-state index contributed by atoms with van der Waals surface area (Å²) in [5.74, 6) is 0.834. The van der Waals surface area contributed by atoms with Gasteiger partial charge < -0.3 is 19.4 Å². The van der Waals surface area contributed by atoms with Gasteiger partial charge in [0.1, 0.15) is 0 Å². The molecule has 0 amide bonds. The summed E-state index contributed by atoms with van der Waals surface area (Å²) in [7, 11) is 1.48. The standard InChI is InChI=1S/C6H6N4O3/c1-11-4-2-3(13-10-4)5-8-9-6(7)12-5/h2H,1H3,(H2,7,9). The Bertz CT molecular complexity index is 407. The van der Waals surface area contributed by atoms with Crippen LogP contribution in [0.15, 0.2) is 15.0 Å². The van der Waals surface area contributed by atoms with Gasteiger partial charge in [-0.2, -0.15) is 0 Å². The number of ether oxygens (including phenoxy) is 1. The highest BCUT2D eigenvalue weighted by Gasteiger charge is 2.12. The maximum Gasteiger partial charge on any atom is 0.313 e. The first kappa shape index (κ1) is 7.59. The first-order chi connectivity index (χ1) is 6.29. The van der Waals surface area contributed by atoms with E-state index in [4.69, 9.17) is 19.4 Å². The lowest BCUT2D eigenvalue weighted by Gasteiger charge is -1.83. The van der Waals surface area contributed by atoms with Crippen molar-refractivity contribution in [1.29, 1.82) is 0 Å². The third kappa shape index (κ3) is 1.31. The summed E-state index contributed by atoms with van der Waals surface area (Å²) < 4.78 is 14.5. The Labute approximate surface area is 72.5 Å². The third-order valence-electron chi connectivity index (χ3n) is 1.35. The highest BCUT2D eigenvalue weighted by atomic mass is 16.5. The number of rotatable bonds is 2. The predicted octanol–water partition coefficient (Wildman–Crippen LogP) is 0.315. The molecule has 2 N–H and O–H groups in total. The minimum absolute atomic E-state index is 0.0228. The molecule has 0 aliphatic rings. The average Bonchev–Trinajstić information content (AvgIpc) is 2.71. The van der Waals surface area contributed by atoms with Gasteiger partial charge in [-0.3, -0.25) is 0 Å². The molecule has 0 unspecified atom stereocenters. The molecule has 0 bridgehead atoms. The van der Waals surface area contributed by atoms with Crippen molar-refractivity contribution in [3.8, 4) is 17.5 Å². The normalized spacial score (nSPS) is 10.2. The zero-order valence-corrected chi connectivity index (χ0v) is 6.72. The maximum absolute atomic E-state index is 5.22. The Balaban J connectivity index is 2.35. The first-order valence-corrected chi connectivity index (χ1v) is 3.39. The summed E-state index contributed by atoms with van der Waals surface area (Å²) in [6.45, 7) is 0. The van der Waals surface area contributed by atoms with Crippen molar-refractivity contribution in [2.75, 3.05) is 12.8 Å². The molecule has 0 aromatic carbocycles. The van der Waals surface area contributed by atoms with Gasteiger partial charge in [-0.15, -0.1) is 5.10 Å². The summed E-state index contributed by atoms with van der Waals surface area (Å²) in [5, 5.41) is 10.6. The number of anilines is 1. The molecule has 13 heavy (non-hydrogen) atoms. The molecule has 2 rings (SSSR count). The number of aromatic nitrogens is 3. The number of methoxy groups -OCH3 is 1. The van der Waals surface area contributed by atoms with Crippen molar-refractivity contribution in [3.63, 3.8) is 0 Å². The number of hydrogen-bond donors (Lipinski definition) is 1. The lowest BCUT2D eigenvalue weighted by Crippen LogP contribution is -1.81. The Kier molecular flexibility index (Phi) is 1.62. The van der Waals surface area contributed by atoms with Crippen molar-refractivity contribution in [2.45, 2.75) is 0 Å². The second-order valence-corrected chi connectivity index (χ2v) is 2.18. The maximum atomic E-state index is 5.22. The molecule has 0 saturated carbocycles. The molecule has 7 nitrogen and oxygen atoms in total. The van der Waals surface area contributed by atoms with Gasteiger partial charge in [-0.05, 0) is 5.16 Å². The molecule has 2 aromatic heterocycles. The van der Waals surface area contributed by atoms with E-state index >= 15 is 0 Å². The number of nitrogen functional groups attached to an aromatic ring is 1. The second-order valence-electron chi connectivity index (χ2n) is 2.18. The van der Waals surface area contributed by atoms with Crippen LogP contribution < -0.4 is 10.5 Å². The van der Waals surface area contributed by atoms with Crippen molar-refractivity contribution in [3.05, 3.63) is 6.07 Å². The van der Waals surface area contributed by atoms with Gasteiger partial charge in [-0.25, -0.2) is 0 Å². The van der Waals surface area contributed by atoms with Gasteiger partial charge in [0, 0.05) is 0 Å². The smallest absolute Gasteiger partial charge is 0.313 e. The van der Waals surface area contributed by atoms with Crippen LogP contribution in [0.3, 0.4) is 0 Å². The van der Waals surface area contributed by atoms with E-state index in [2.05, 4.69) is 15.4 Å². The zero-order chi connectivity index (χ0) is 9.26. The number of hydrogen-bond acceptors (Lipinski definition) is 7. The minimum atomic E-state index is -0.0228. The Morgan fingerprint density at radius 2 is 2.31 bits per heavy atom. The summed E-state index contributed by atoms with van der Waals surface area (Å²) in [6, 6.07) is 1.50. The van der Waals surface area contributed by atoms with Crippen LogP contribution in [-0.2, 0) is 0 Å². The SMILES string of the molecule is COc1cc(-c2nnc(N)o2)on1. The molecule has 0 aliphatic heterocycles. The Hall–Kier alpha value is -2.05. The molecule has 0 aliphatic carbocycles. The molecule has 7 heteroatoms. The van der Waals surface area contributed by atoms with Crippen LogP contribution in [0, 0.1) is 0 Å². The summed E-state index contributed by atoms with van der Waals surface area (Å²) in [4.78, 5) is 0. The summed E-state index contributed by atoms with van der Waals surface area (Å²) in [5.41, 5.74) is 5.22. The summed E-state index contributed by atoms with van der Waals surface area (Å²) in [6.07, 6.45) is 0. The van der Waals surface area contributed by atoms with Gasteiger partial charge in [-0.1, -0.05) is 5.10 Å². The van der Waals surface area contributed by atoms with Crippen molar-refractivity contribution >= 4 is 6.01 Å². The van der Waals surface area contributed by atoms with Gasteiger partial charge in [0.25, 0.3) is 11.8 Å². The van der Waals surface area contributed by atoms with E-state index in [0.29, 0.717) is 11.6 Å². The molecule has 0 radical (unpaired) electrons. The average molecular weight is 182 g/mol. The van der Waals surface area contributed by atoms with E-state index in [0.717, 1.165) is 0 Å². The monoisotopic (exact) mass is 182 g/mol. The zero-order valence-electron chi connectivity index (χ0n) is 6.72. The summed E-state index contributed by atoms with van der Waals surface area (Å²) >= 11 is 0. The molecule has 0 atom stereocenters. The van der Waals surface area contributed by atoms with E-state index in [1.165, 1.54) is 13.2 Å². The molecular formula is C6H6N4O3. The fraction of sp³-hybridized carbons (Fsp3) is 0.167. The van der Waals surface area contributed by atoms with Crippen LogP contribution in [0.4, 0.5) is 6.01 Å². The van der Waals surface area contributed by atoms with Crippen LogP contribution in [-0.4, -0.2) is 22.5 Å². The molecule has 2 aromatic rings. The van der Waals surface area contributed by atoms with Gasteiger partial charge >= 0.3 is 6.01 Å². The lowest BCUT2D eigenvalue weighted by molar-refractivity contribution is 0.340. The van der Waals surface area contributed by atoms with Crippen LogP contribution in [0.25, 0.3) is 11.7 Å². The second kappa shape index (κ2) is 2.77. The van der Waals surface area contributed by atoms with Gasteiger partial charge in [0.05, 0.1) is 13.2 Å². The van der Waals surface area contributed by atoms with Gasteiger partial charge in [0.2, 0.25) is 5.76 Å². The molecule has 0 saturated heterocycles. The quantitative estimate of drug-likeness (QED) is 0.713. The topological polar surface area (TPSA) is 100 Å². The molecule has 68 valence electrons. The van der Waals surface area contributed by atoms with Crippen molar-refractivity contribution in [1.82, 2.24) is 15.4 Å². The number of nitrogens with zero attached hydrogens (tertiary/aromatic N) is 3. The van der Waals surface area contributed by atoms with Crippen LogP contribution in [0.1, 0.15) is 0 Å². The van der Waals surface area contributed by atoms with E-state index in [-0.39, 0.29) is 11.9 Å². The van der Waals surface area contributed by atoms with E-state index in [9.17, 15) is 0 Å². The Morgan fingerprint density at radius 3 is 2.85 bits per heavy atom. The van der Waals surface area contributed by atoms with Gasteiger partial charge in [0.15, 0.2) is 0 Å². The lowest BCUT2D eigenvalue weighted by atomic mass is 10.4. The van der Waals surface area contributed by atoms with E-state index in [1.54, 1.807) is 0 Å². The fourth-order valence-electron chi connectivity index (χ4n) is 0.790. The molecular weight excluding hydrogens is 176 g/mol. The number of nitrogens with two attached hydrogens (primary N) is 1. The molecule has 2 heterocycles. The third-order valence-corrected chi connectivity index (χ3v) is 1.35. The van der Waals surface area contributed by atoms with E-state index in [1.807, 2.05) is 0 Å². The Morgan fingerprint density at radius 1 is 1.46 bits per heavy atom. The largest absolute Gasteiger partial charge is 0.479 e. The molecule has 0 fully saturated rings.